The fourth-order valence-electron chi connectivity index (χ4n) is 1.33. The number of hydrogen-bond acceptors (Lipinski definition) is 4. The van der Waals surface area contributed by atoms with Crippen LogP contribution in [0.4, 0.5) is 5.69 Å². The standard InChI is InChI=1S/C12H20N2OS/c1-3-15-10-5-6-11(13)12(9-10)16-8-4-7-14-2/h5-6,9,14H,3-4,7-8,13H2,1-2H3. The molecule has 4 heteroatoms. The molecule has 0 heterocycles. The predicted octanol–water partition coefficient (Wildman–Crippen LogP) is 2.37. The van der Waals surface area contributed by atoms with Crippen LogP contribution in [0.3, 0.4) is 0 Å². The molecule has 0 amide bonds. The van der Waals surface area contributed by atoms with Gasteiger partial charge in [0.15, 0.2) is 0 Å². The lowest BCUT2D eigenvalue weighted by Crippen LogP contribution is -2.08. The summed E-state index contributed by atoms with van der Waals surface area (Å²) in [5.74, 6) is 1.97. The molecule has 0 aliphatic rings. The summed E-state index contributed by atoms with van der Waals surface area (Å²) in [4.78, 5) is 1.11. The first-order chi connectivity index (χ1) is 7.77. The van der Waals surface area contributed by atoms with Gasteiger partial charge in [0.25, 0.3) is 0 Å². The average molecular weight is 240 g/mol. The Kier molecular flexibility index (Phi) is 6.11. The van der Waals surface area contributed by atoms with Crippen molar-refractivity contribution in [2.24, 2.45) is 0 Å². The van der Waals surface area contributed by atoms with Crippen molar-refractivity contribution in [3.05, 3.63) is 18.2 Å². The number of ether oxygens (including phenoxy) is 1. The third kappa shape index (κ3) is 4.33. The van der Waals surface area contributed by atoms with Crippen molar-refractivity contribution >= 4 is 17.4 Å². The number of hydrogen-bond donors (Lipinski definition) is 2. The van der Waals surface area contributed by atoms with Crippen LogP contribution in [0, 0.1) is 0 Å². The molecular formula is C12H20N2OS. The van der Waals surface area contributed by atoms with Crippen LogP contribution < -0.4 is 15.8 Å². The molecule has 3 N–H and O–H groups in total. The largest absolute Gasteiger partial charge is 0.494 e. The Balaban J connectivity index is 2.52. The second kappa shape index (κ2) is 7.41. The molecule has 0 atom stereocenters. The maximum atomic E-state index is 5.91. The fraction of sp³-hybridized carbons (Fsp3) is 0.500. The number of benzene rings is 1. The van der Waals surface area contributed by atoms with E-state index >= 15 is 0 Å². The second-order valence-corrected chi connectivity index (χ2v) is 4.57. The highest BCUT2D eigenvalue weighted by Crippen LogP contribution is 2.29. The summed E-state index contributed by atoms with van der Waals surface area (Å²) >= 11 is 1.78. The minimum Gasteiger partial charge on any atom is -0.494 e. The number of nitrogens with two attached hydrogens (primary N) is 1. The molecule has 0 saturated carbocycles. The quantitative estimate of drug-likeness (QED) is 0.436. The van der Waals surface area contributed by atoms with E-state index in [1.54, 1.807) is 11.8 Å². The van der Waals surface area contributed by atoms with Gasteiger partial charge in [-0.2, -0.15) is 0 Å². The highest BCUT2D eigenvalue weighted by atomic mass is 32.2. The van der Waals surface area contributed by atoms with E-state index in [1.807, 2.05) is 32.2 Å². The minimum atomic E-state index is 0.688. The van der Waals surface area contributed by atoms with Crippen molar-refractivity contribution in [1.82, 2.24) is 5.32 Å². The second-order valence-electron chi connectivity index (χ2n) is 3.44. The molecule has 1 aromatic carbocycles. The third-order valence-electron chi connectivity index (χ3n) is 2.12. The highest BCUT2D eigenvalue weighted by Gasteiger charge is 2.02. The molecule has 1 rings (SSSR count). The Hall–Kier alpha value is -0.870. The van der Waals surface area contributed by atoms with E-state index in [0.717, 1.165) is 35.1 Å². The summed E-state index contributed by atoms with van der Waals surface area (Å²) in [6.45, 7) is 3.71. The van der Waals surface area contributed by atoms with Crippen molar-refractivity contribution in [2.45, 2.75) is 18.2 Å². The van der Waals surface area contributed by atoms with E-state index in [9.17, 15) is 0 Å². The smallest absolute Gasteiger partial charge is 0.120 e. The van der Waals surface area contributed by atoms with Crippen LogP contribution in [0.25, 0.3) is 0 Å². The SMILES string of the molecule is CCOc1ccc(N)c(SCCCNC)c1. The zero-order chi connectivity index (χ0) is 11.8. The topological polar surface area (TPSA) is 47.3 Å². The number of rotatable bonds is 7. The zero-order valence-electron chi connectivity index (χ0n) is 9.95. The molecule has 90 valence electrons. The molecule has 0 aliphatic carbocycles. The monoisotopic (exact) mass is 240 g/mol. The Morgan fingerprint density at radius 3 is 2.94 bits per heavy atom. The first-order valence-corrected chi connectivity index (χ1v) is 6.56. The van der Waals surface area contributed by atoms with Gasteiger partial charge in [-0.15, -0.1) is 11.8 Å². The van der Waals surface area contributed by atoms with E-state index in [1.165, 1.54) is 0 Å². The van der Waals surface area contributed by atoms with Crippen molar-refractivity contribution in [1.29, 1.82) is 0 Å². The number of anilines is 1. The first-order valence-electron chi connectivity index (χ1n) is 5.57. The zero-order valence-corrected chi connectivity index (χ0v) is 10.8. The van der Waals surface area contributed by atoms with Crippen molar-refractivity contribution in [2.75, 3.05) is 31.7 Å². The molecule has 3 nitrogen and oxygen atoms in total. The maximum absolute atomic E-state index is 5.91. The molecule has 0 aromatic heterocycles. The normalized spacial score (nSPS) is 10.4. The lowest BCUT2D eigenvalue weighted by molar-refractivity contribution is 0.339. The molecule has 1 aromatic rings. The third-order valence-corrected chi connectivity index (χ3v) is 3.28. The summed E-state index contributed by atoms with van der Waals surface area (Å²) in [6.07, 6.45) is 1.14. The summed E-state index contributed by atoms with van der Waals surface area (Å²) in [7, 11) is 1.97. The van der Waals surface area contributed by atoms with Gasteiger partial charge in [0.05, 0.1) is 6.61 Å². The van der Waals surface area contributed by atoms with Gasteiger partial charge in [-0.25, -0.2) is 0 Å². The van der Waals surface area contributed by atoms with Gasteiger partial charge in [-0.1, -0.05) is 0 Å². The lowest BCUT2D eigenvalue weighted by atomic mass is 10.3. The van der Waals surface area contributed by atoms with E-state index in [2.05, 4.69) is 5.32 Å². The van der Waals surface area contributed by atoms with Crippen LogP contribution in [0.2, 0.25) is 0 Å². The molecule has 0 aliphatic heterocycles. The average Bonchev–Trinajstić information content (AvgIpc) is 2.29. The number of nitrogens with one attached hydrogen (secondary N) is 1. The maximum Gasteiger partial charge on any atom is 0.120 e. The molecule has 0 spiro atoms. The van der Waals surface area contributed by atoms with Crippen LogP contribution >= 0.6 is 11.8 Å². The minimum absolute atomic E-state index is 0.688. The van der Waals surface area contributed by atoms with Gasteiger partial charge in [-0.3, -0.25) is 0 Å². The van der Waals surface area contributed by atoms with Gasteiger partial charge in [0, 0.05) is 10.6 Å². The summed E-state index contributed by atoms with van der Waals surface area (Å²) < 4.78 is 5.45. The van der Waals surface area contributed by atoms with Gasteiger partial charge in [0.2, 0.25) is 0 Å². The van der Waals surface area contributed by atoms with E-state index in [0.29, 0.717) is 6.61 Å². The first kappa shape index (κ1) is 13.2. The van der Waals surface area contributed by atoms with E-state index in [-0.39, 0.29) is 0 Å². The molecule has 0 unspecified atom stereocenters. The van der Waals surface area contributed by atoms with Crippen molar-refractivity contribution in [3.8, 4) is 5.75 Å². The van der Waals surface area contributed by atoms with E-state index in [4.69, 9.17) is 10.5 Å². The molecule has 0 fully saturated rings. The van der Waals surface area contributed by atoms with Gasteiger partial charge in [0.1, 0.15) is 5.75 Å². The summed E-state index contributed by atoms with van der Waals surface area (Å²) in [5, 5.41) is 3.13. The fourth-order valence-corrected chi connectivity index (χ4v) is 2.27. The molecule has 0 saturated heterocycles. The van der Waals surface area contributed by atoms with Gasteiger partial charge >= 0.3 is 0 Å². The van der Waals surface area contributed by atoms with Crippen molar-refractivity contribution in [3.63, 3.8) is 0 Å². The molecule has 0 bridgehead atoms. The summed E-state index contributed by atoms with van der Waals surface area (Å²) in [6, 6.07) is 5.84. The Morgan fingerprint density at radius 2 is 2.25 bits per heavy atom. The Bertz CT molecular complexity index is 318. The van der Waals surface area contributed by atoms with Crippen molar-refractivity contribution < 1.29 is 4.74 Å². The summed E-state index contributed by atoms with van der Waals surface area (Å²) in [5.41, 5.74) is 6.74. The predicted molar refractivity (Wildman–Crippen MR) is 71.3 cm³/mol. The highest BCUT2D eigenvalue weighted by molar-refractivity contribution is 7.99. The van der Waals surface area contributed by atoms with Gasteiger partial charge in [-0.05, 0) is 50.9 Å². The van der Waals surface area contributed by atoms with Crippen LogP contribution in [0.5, 0.6) is 5.75 Å². The molecular weight excluding hydrogens is 220 g/mol. The lowest BCUT2D eigenvalue weighted by Gasteiger charge is -2.08. The number of thioether (sulfide) groups is 1. The Morgan fingerprint density at radius 1 is 1.44 bits per heavy atom. The van der Waals surface area contributed by atoms with Crippen LogP contribution in [0.1, 0.15) is 13.3 Å². The van der Waals surface area contributed by atoms with Crippen LogP contribution in [-0.4, -0.2) is 26.0 Å². The molecule has 0 radical (unpaired) electrons. The van der Waals surface area contributed by atoms with Crippen LogP contribution in [-0.2, 0) is 0 Å². The van der Waals surface area contributed by atoms with Gasteiger partial charge < -0.3 is 15.8 Å². The van der Waals surface area contributed by atoms with E-state index < -0.39 is 0 Å². The Labute approximate surface area is 102 Å². The van der Waals surface area contributed by atoms with Crippen LogP contribution in [0.15, 0.2) is 23.1 Å². The molecule has 16 heavy (non-hydrogen) atoms. The number of nitrogen functional groups attached to an aromatic ring is 1.